The second kappa shape index (κ2) is 12.2. The average molecular weight is 448 g/mol. The molecule has 0 radical (unpaired) electrons. The largest absolute Gasteiger partial charge is 0.493 e. The van der Waals surface area contributed by atoms with Crippen molar-refractivity contribution in [3.05, 3.63) is 94.0 Å². The number of nitro groups is 1. The van der Waals surface area contributed by atoms with Gasteiger partial charge in [0.15, 0.2) is 0 Å². The van der Waals surface area contributed by atoms with Crippen LogP contribution in [0.5, 0.6) is 11.5 Å². The van der Waals surface area contributed by atoms with E-state index in [0.29, 0.717) is 24.8 Å². The van der Waals surface area contributed by atoms with Crippen molar-refractivity contribution in [3.8, 4) is 11.5 Å². The fraction of sp³-hybridized carbons (Fsp3) is 0.269. The molecule has 3 aromatic rings. The first kappa shape index (κ1) is 23.8. The van der Waals surface area contributed by atoms with E-state index in [4.69, 9.17) is 9.47 Å². The van der Waals surface area contributed by atoms with E-state index in [9.17, 15) is 10.1 Å². The van der Waals surface area contributed by atoms with Gasteiger partial charge >= 0.3 is 0 Å². The Hall–Kier alpha value is -3.87. The van der Waals surface area contributed by atoms with Gasteiger partial charge in [-0.1, -0.05) is 38.1 Å². The Morgan fingerprint density at radius 1 is 1.00 bits per heavy atom. The lowest BCUT2D eigenvalue weighted by atomic mass is 9.99. The Bertz CT molecular complexity index is 1050. The minimum absolute atomic E-state index is 0.0374. The molecule has 33 heavy (non-hydrogen) atoms. The number of ether oxygens (including phenoxy) is 2. The van der Waals surface area contributed by atoms with Crippen molar-refractivity contribution in [1.82, 2.24) is 0 Å². The Morgan fingerprint density at radius 3 is 2.39 bits per heavy atom. The van der Waals surface area contributed by atoms with Gasteiger partial charge in [0.25, 0.3) is 5.69 Å². The molecule has 1 atom stereocenters. The fourth-order valence-corrected chi connectivity index (χ4v) is 3.11. The smallest absolute Gasteiger partial charge is 0.269 e. The lowest BCUT2D eigenvalue weighted by Crippen LogP contribution is -2.06. The summed E-state index contributed by atoms with van der Waals surface area (Å²) in [5.41, 5.74) is 5.72. The minimum Gasteiger partial charge on any atom is -0.493 e. The van der Waals surface area contributed by atoms with Gasteiger partial charge in [0, 0.05) is 24.1 Å². The molecule has 0 bridgehead atoms. The third kappa shape index (κ3) is 7.35. The molecule has 0 saturated heterocycles. The summed E-state index contributed by atoms with van der Waals surface area (Å²) < 4.78 is 11.7. The van der Waals surface area contributed by atoms with Gasteiger partial charge in [0.2, 0.25) is 0 Å². The number of anilines is 1. The zero-order valence-corrected chi connectivity index (χ0v) is 18.9. The zero-order valence-electron chi connectivity index (χ0n) is 18.9. The van der Waals surface area contributed by atoms with Crippen LogP contribution in [0.1, 0.15) is 43.7 Å². The normalized spacial score (nSPS) is 11.8. The summed E-state index contributed by atoms with van der Waals surface area (Å²) in [7, 11) is 0. The monoisotopic (exact) mass is 447 g/mol. The first-order chi connectivity index (χ1) is 16.1. The fourth-order valence-electron chi connectivity index (χ4n) is 3.11. The summed E-state index contributed by atoms with van der Waals surface area (Å²) in [6.45, 7) is 5.50. The van der Waals surface area contributed by atoms with Crippen LogP contribution in [0.25, 0.3) is 0 Å². The van der Waals surface area contributed by atoms with Crippen LogP contribution >= 0.6 is 0 Å². The van der Waals surface area contributed by atoms with E-state index in [1.807, 2.05) is 36.4 Å². The number of non-ortho nitro benzene ring substituents is 1. The maximum atomic E-state index is 10.7. The quantitative estimate of drug-likeness (QED) is 0.150. The van der Waals surface area contributed by atoms with Crippen LogP contribution < -0.4 is 14.9 Å². The first-order valence-electron chi connectivity index (χ1n) is 11.0. The first-order valence-corrected chi connectivity index (χ1v) is 11.0. The summed E-state index contributed by atoms with van der Waals surface area (Å²) in [6, 6.07) is 22.0. The molecule has 7 nitrogen and oxygen atoms in total. The molecule has 7 heteroatoms. The van der Waals surface area contributed by atoms with Gasteiger partial charge in [0.1, 0.15) is 11.5 Å². The van der Waals surface area contributed by atoms with Crippen LogP contribution in [-0.2, 0) is 0 Å². The summed E-state index contributed by atoms with van der Waals surface area (Å²) in [5.74, 6) is 2.15. The highest BCUT2D eigenvalue weighted by Crippen LogP contribution is 2.22. The maximum absolute atomic E-state index is 10.7. The molecule has 0 amide bonds. The maximum Gasteiger partial charge on any atom is 0.269 e. The van der Waals surface area contributed by atoms with Gasteiger partial charge in [-0.3, -0.25) is 15.5 Å². The number of hydrogen-bond donors (Lipinski definition) is 1. The Balaban J connectivity index is 1.44. The van der Waals surface area contributed by atoms with Crippen LogP contribution in [0.3, 0.4) is 0 Å². The molecule has 0 unspecified atom stereocenters. The van der Waals surface area contributed by atoms with Gasteiger partial charge in [-0.25, -0.2) is 0 Å². The van der Waals surface area contributed by atoms with E-state index in [1.54, 1.807) is 18.3 Å². The molecule has 0 saturated carbocycles. The van der Waals surface area contributed by atoms with Crippen molar-refractivity contribution in [2.75, 3.05) is 18.6 Å². The molecule has 3 rings (SSSR count). The molecule has 0 aliphatic rings. The standard InChI is InChI=1S/C26H29N3O4/c1-3-20(2)21-9-15-25(16-10-21)32-17-6-18-33-26-8-5-4-7-22(26)19-27-28-23-11-13-24(14-12-23)29(30)31/h4-5,7-16,19-20,28H,3,6,17-18H2,1-2H3/b27-19-/t20-/m1/s1. The highest BCUT2D eigenvalue weighted by Gasteiger charge is 2.05. The molecule has 0 aromatic heterocycles. The van der Waals surface area contributed by atoms with Gasteiger partial charge in [-0.05, 0) is 54.3 Å². The van der Waals surface area contributed by atoms with E-state index in [0.717, 1.165) is 29.9 Å². The van der Waals surface area contributed by atoms with E-state index in [2.05, 4.69) is 36.5 Å². The number of nitrogens with zero attached hydrogens (tertiary/aromatic N) is 2. The van der Waals surface area contributed by atoms with Crippen LogP contribution in [-0.4, -0.2) is 24.4 Å². The summed E-state index contributed by atoms with van der Waals surface area (Å²) in [6.07, 6.45) is 3.53. The summed E-state index contributed by atoms with van der Waals surface area (Å²) >= 11 is 0. The van der Waals surface area contributed by atoms with Crippen molar-refractivity contribution in [1.29, 1.82) is 0 Å². The average Bonchev–Trinajstić information content (AvgIpc) is 2.85. The Kier molecular flexibility index (Phi) is 8.82. The number of nitro benzene ring substituents is 1. The third-order valence-electron chi connectivity index (χ3n) is 5.27. The Labute approximate surface area is 194 Å². The van der Waals surface area contributed by atoms with Crippen molar-refractivity contribution in [3.63, 3.8) is 0 Å². The van der Waals surface area contributed by atoms with Crippen molar-refractivity contribution >= 4 is 17.6 Å². The van der Waals surface area contributed by atoms with E-state index >= 15 is 0 Å². The van der Waals surface area contributed by atoms with E-state index in [-0.39, 0.29) is 5.69 Å². The molecule has 3 aromatic carbocycles. The number of hydrazone groups is 1. The predicted octanol–water partition coefficient (Wildman–Crippen LogP) is 6.40. The van der Waals surface area contributed by atoms with Crippen molar-refractivity contribution in [2.24, 2.45) is 5.10 Å². The lowest BCUT2D eigenvalue weighted by Gasteiger charge is -2.12. The summed E-state index contributed by atoms with van der Waals surface area (Å²) in [4.78, 5) is 10.3. The molecule has 0 fully saturated rings. The lowest BCUT2D eigenvalue weighted by molar-refractivity contribution is -0.384. The third-order valence-corrected chi connectivity index (χ3v) is 5.27. The topological polar surface area (TPSA) is 86.0 Å². The molecular weight excluding hydrogens is 418 g/mol. The van der Waals surface area contributed by atoms with Crippen LogP contribution in [0.2, 0.25) is 0 Å². The number of hydrogen-bond acceptors (Lipinski definition) is 6. The van der Waals surface area contributed by atoms with E-state index in [1.165, 1.54) is 17.7 Å². The second-order valence-corrected chi connectivity index (χ2v) is 7.64. The molecular formula is C26H29N3O4. The molecule has 0 aliphatic heterocycles. The second-order valence-electron chi connectivity index (χ2n) is 7.64. The number of nitrogens with one attached hydrogen (secondary N) is 1. The molecule has 0 heterocycles. The minimum atomic E-state index is -0.435. The predicted molar refractivity (Wildman–Crippen MR) is 132 cm³/mol. The SMILES string of the molecule is CC[C@@H](C)c1ccc(OCCCOc2ccccc2/C=N\Nc2ccc([N+](=O)[O-])cc2)cc1. The van der Waals surface area contributed by atoms with Gasteiger partial charge in [-0.2, -0.15) is 5.10 Å². The van der Waals surface area contributed by atoms with Gasteiger partial charge < -0.3 is 9.47 Å². The molecule has 172 valence electrons. The van der Waals surface area contributed by atoms with Crippen LogP contribution in [0.4, 0.5) is 11.4 Å². The molecule has 0 spiro atoms. The number of benzene rings is 3. The zero-order chi connectivity index (χ0) is 23.5. The summed E-state index contributed by atoms with van der Waals surface area (Å²) in [5, 5.41) is 14.9. The number of para-hydroxylation sites is 1. The highest BCUT2D eigenvalue weighted by atomic mass is 16.6. The van der Waals surface area contributed by atoms with Gasteiger partial charge in [-0.15, -0.1) is 0 Å². The molecule has 0 aliphatic carbocycles. The van der Waals surface area contributed by atoms with Crippen LogP contribution in [0, 0.1) is 10.1 Å². The van der Waals surface area contributed by atoms with Crippen molar-refractivity contribution < 1.29 is 14.4 Å². The Morgan fingerprint density at radius 2 is 1.70 bits per heavy atom. The van der Waals surface area contributed by atoms with E-state index < -0.39 is 4.92 Å². The van der Waals surface area contributed by atoms with Gasteiger partial charge in [0.05, 0.1) is 30.0 Å². The number of rotatable bonds is 12. The van der Waals surface area contributed by atoms with Crippen LogP contribution in [0.15, 0.2) is 77.9 Å². The molecule has 1 N–H and O–H groups in total. The highest BCUT2D eigenvalue weighted by molar-refractivity contribution is 5.84. The van der Waals surface area contributed by atoms with Crippen molar-refractivity contribution in [2.45, 2.75) is 32.6 Å².